The minimum atomic E-state index is -0.445. The summed E-state index contributed by atoms with van der Waals surface area (Å²) in [4.78, 5) is 28.4. The first-order valence-corrected chi connectivity index (χ1v) is 7.82. The summed E-state index contributed by atoms with van der Waals surface area (Å²) in [6.45, 7) is 3.74. The van der Waals surface area contributed by atoms with Crippen LogP contribution in [0.2, 0.25) is 0 Å². The molecular weight excluding hydrogens is 290 g/mol. The zero-order valence-electron chi connectivity index (χ0n) is 12.2. The second-order valence-corrected chi connectivity index (χ2v) is 5.79. The SMILES string of the molecule is CCC[C@H](C)NC(=O)COC(=O)Cc1cn2ccsc2n1. The van der Waals surface area contributed by atoms with Gasteiger partial charge in [0.05, 0.1) is 12.1 Å². The molecule has 0 saturated carbocycles. The van der Waals surface area contributed by atoms with Crippen molar-refractivity contribution >= 4 is 28.2 Å². The van der Waals surface area contributed by atoms with E-state index in [1.165, 1.54) is 11.3 Å². The number of amides is 1. The van der Waals surface area contributed by atoms with E-state index in [2.05, 4.69) is 17.2 Å². The van der Waals surface area contributed by atoms with Crippen molar-refractivity contribution < 1.29 is 14.3 Å². The number of hydrogen-bond donors (Lipinski definition) is 1. The monoisotopic (exact) mass is 309 g/mol. The van der Waals surface area contributed by atoms with Crippen molar-refractivity contribution in [3.05, 3.63) is 23.5 Å². The average molecular weight is 309 g/mol. The van der Waals surface area contributed by atoms with Crippen LogP contribution >= 0.6 is 11.3 Å². The molecule has 114 valence electrons. The molecule has 0 spiro atoms. The average Bonchev–Trinajstić information content (AvgIpc) is 2.97. The molecule has 1 atom stereocenters. The number of carbonyl (C=O) groups is 2. The number of nitrogens with one attached hydrogen (secondary N) is 1. The highest BCUT2D eigenvalue weighted by molar-refractivity contribution is 7.15. The van der Waals surface area contributed by atoms with Gasteiger partial charge in [-0.1, -0.05) is 13.3 Å². The highest BCUT2D eigenvalue weighted by atomic mass is 32.1. The molecule has 0 aliphatic carbocycles. The molecule has 21 heavy (non-hydrogen) atoms. The highest BCUT2D eigenvalue weighted by Gasteiger charge is 2.12. The Kier molecular flexibility index (Phi) is 5.32. The lowest BCUT2D eigenvalue weighted by Crippen LogP contribution is -2.35. The first-order chi connectivity index (χ1) is 10.1. The van der Waals surface area contributed by atoms with E-state index in [4.69, 9.17) is 4.74 Å². The van der Waals surface area contributed by atoms with Crippen molar-refractivity contribution in [3.63, 3.8) is 0 Å². The molecule has 0 aliphatic heterocycles. The van der Waals surface area contributed by atoms with Crippen LogP contribution in [0.5, 0.6) is 0 Å². The number of imidazole rings is 1. The van der Waals surface area contributed by atoms with Crippen molar-refractivity contribution in [2.24, 2.45) is 0 Å². The Morgan fingerprint density at radius 1 is 1.52 bits per heavy atom. The molecule has 0 saturated heterocycles. The number of aromatic nitrogens is 2. The standard InChI is InChI=1S/C14H19N3O3S/c1-3-4-10(2)15-12(18)9-20-13(19)7-11-8-17-5-6-21-14(17)16-11/h5-6,8,10H,3-4,7,9H2,1-2H3,(H,15,18)/t10-/m0/s1. The minimum Gasteiger partial charge on any atom is -0.455 e. The normalized spacial score (nSPS) is 12.3. The molecule has 2 rings (SSSR count). The lowest BCUT2D eigenvalue weighted by molar-refractivity contribution is -0.148. The van der Waals surface area contributed by atoms with Crippen LogP contribution in [0.3, 0.4) is 0 Å². The van der Waals surface area contributed by atoms with Crippen molar-refractivity contribution in [3.8, 4) is 0 Å². The molecule has 1 amide bonds. The smallest absolute Gasteiger partial charge is 0.312 e. The third kappa shape index (κ3) is 4.56. The predicted octanol–water partition coefficient (Wildman–Crippen LogP) is 1.79. The fourth-order valence-corrected chi connectivity index (χ4v) is 2.75. The molecule has 0 fully saturated rings. The molecule has 2 aromatic heterocycles. The van der Waals surface area contributed by atoms with Crippen molar-refractivity contribution in [2.45, 2.75) is 39.2 Å². The zero-order chi connectivity index (χ0) is 15.2. The maximum atomic E-state index is 11.7. The molecule has 0 bridgehead atoms. The molecule has 1 N–H and O–H groups in total. The summed E-state index contributed by atoms with van der Waals surface area (Å²) in [6, 6.07) is 0.0983. The Morgan fingerprint density at radius 2 is 2.33 bits per heavy atom. The summed E-state index contributed by atoms with van der Waals surface area (Å²) in [5.41, 5.74) is 0.645. The molecule has 0 aromatic carbocycles. The van der Waals surface area contributed by atoms with Crippen molar-refractivity contribution in [1.29, 1.82) is 0 Å². The third-order valence-corrected chi connectivity index (χ3v) is 3.73. The Labute approximate surface area is 127 Å². The Bertz CT molecular complexity index is 591. The van der Waals surface area contributed by atoms with Gasteiger partial charge in [-0.2, -0.15) is 0 Å². The van der Waals surface area contributed by atoms with E-state index in [-0.39, 0.29) is 25.0 Å². The summed E-state index contributed by atoms with van der Waals surface area (Å²) in [6.07, 6.45) is 5.65. The van der Waals surface area contributed by atoms with Crippen LogP contribution in [0.4, 0.5) is 0 Å². The van der Waals surface area contributed by atoms with Gasteiger partial charge < -0.3 is 10.1 Å². The molecule has 0 aliphatic rings. The Balaban J connectivity index is 1.74. The van der Waals surface area contributed by atoms with Crippen LogP contribution in [0.15, 0.2) is 17.8 Å². The van der Waals surface area contributed by atoms with Crippen LogP contribution in [0.25, 0.3) is 4.96 Å². The first-order valence-electron chi connectivity index (χ1n) is 6.94. The van der Waals surface area contributed by atoms with Crippen LogP contribution in [0.1, 0.15) is 32.4 Å². The van der Waals surface area contributed by atoms with E-state index in [0.717, 1.165) is 17.8 Å². The van der Waals surface area contributed by atoms with E-state index in [1.807, 2.05) is 22.9 Å². The number of rotatable bonds is 7. The van der Waals surface area contributed by atoms with Crippen LogP contribution in [-0.4, -0.2) is 33.9 Å². The molecular formula is C14H19N3O3S. The summed E-state index contributed by atoms with van der Waals surface area (Å²) in [7, 11) is 0. The number of ether oxygens (including phenoxy) is 1. The molecule has 6 nitrogen and oxygen atoms in total. The van der Waals surface area contributed by atoms with E-state index < -0.39 is 5.97 Å². The number of thiazole rings is 1. The van der Waals surface area contributed by atoms with Gasteiger partial charge in [0.15, 0.2) is 11.6 Å². The maximum absolute atomic E-state index is 11.7. The summed E-state index contributed by atoms with van der Waals surface area (Å²) >= 11 is 1.50. The second-order valence-electron chi connectivity index (χ2n) is 4.92. The van der Waals surface area contributed by atoms with Gasteiger partial charge in [0.1, 0.15) is 0 Å². The fourth-order valence-electron chi connectivity index (χ4n) is 2.03. The number of hydrogen-bond acceptors (Lipinski definition) is 5. The van der Waals surface area contributed by atoms with E-state index in [1.54, 1.807) is 6.20 Å². The molecule has 0 unspecified atom stereocenters. The maximum Gasteiger partial charge on any atom is 0.312 e. The fraction of sp³-hybridized carbons (Fsp3) is 0.500. The number of nitrogens with zero attached hydrogens (tertiary/aromatic N) is 2. The van der Waals surface area contributed by atoms with Crippen molar-refractivity contribution in [2.75, 3.05) is 6.61 Å². The van der Waals surface area contributed by atoms with Gasteiger partial charge in [0, 0.05) is 23.8 Å². The summed E-state index contributed by atoms with van der Waals surface area (Å²) in [5.74, 6) is -0.714. The second kappa shape index (κ2) is 7.21. The number of esters is 1. The van der Waals surface area contributed by atoms with Crippen molar-refractivity contribution in [1.82, 2.24) is 14.7 Å². The largest absolute Gasteiger partial charge is 0.455 e. The topological polar surface area (TPSA) is 72.7 Å². The lowest BCUT2D eigenvalue weighted by atomic mass is 10.2. The molecule has 0 radical (unpaired) electrons. The summed E-state index contributed by atoms with van der Waals surface area (Å²) in [5, 5.41) is 4.71. The first kappa shape index (κ1) is 15.5. The molecule has 2 heterocycles. The Morgan fingerprint density at radius 3 is 3.05 bits per heavy atom. The number of fused-ring (bicyclic) bond motifs is 1. The van der Waals surface area contributed by atoms with E-state index in [9.17, 15) is 9.59 Å². The van der Waals surface area contributed by atoms with Gasteiger partial charge in [0.25, 0.3) is 5.91 Å². The quantitative estimate of drug-likeness (QED) is 0.791. The van der Waals surface area contributed by atoms with Gasteiger partial charge in [0.2, 0.25) is 0 Å². The van der Waals surface area contributed by atoms with E-state index in [0.29, 0.717) is 5.69 Å². The van der Waals surface area contributed by atoms with Crippen LogP contribution in [-0.2, 0) is 20.7 Å². The summed E-state index contributed by atoms with van der Waals surface area (Å²) < 4.78 is 6.82. The third-order valence-electron chi connectivity index (χ3n) is 2.96. The van der Waals surface area contributed by atoms with Crippen LogP contribution in [0, 0.1) is 0 Å². The number of carbonyl (C=O) groups excluding carboxylic acids is 2. The Hall–Kier alpha value is -1.89. The van der Waals surface area contributed by atoms with Gasteiger partial charge >= 0.3 is 5.97 Å². The molecule has 7 heteroatoms. The van der Waals surface area contributed by atoms with Gasteiger partial charge in [-0.25, -0.2) is 4.98 Å². The lowest BCUT2D eigenvalue weighted by Gasteiger charge is -2.12. The molecule has 2 aromatic rings. The highest BCUT2D eigenvalue weighted by Crippen LogP contribution is 2.11. The van der Waals surface area contributed by atoms with Gasteiger partial charge in [-0.15, -0.1) is 11.3 Å². The predicted molar refractivity (Wildman–Crippen MR) is 80.2 cm³/mol. The van der Waals surface area contributed by atoms with E-state index >= 15 is 0 Å². The van der Waals surface area contributed by atoms with Crippen LogP contribution < -0.4 is 5.32 Å². The van der Waals surface area contributed by atoms with Gasteiger partial charge in [-0.3, -0.25) is 14.0 Å². The minimum absolute atomic E-state index is 0.0756. The zero-order valence-corrected chi connectivity index (χ0v) is 13.0. The van der Waals surface area contributed by atoms with Gasteiger partial charge in [-0.05, 0) is 13.3 Å².